The number of carboxylic acid groups (broad SMARTS) is 1. The molecule has 0 radical (unpaired) electrons. The SMILES string of the molecule is CC1CCN(c2ccc([N+](=O)[O-])c(C#N)n2)C1C(=O)O. The molecule has 1 fully saturated rings. The lowest BCUT2D eigenvalue weighted by Gasteiger charge is -2.24. The van der Waals surface area contributed by atoms with Crippen molar-refractivity contribution in [2.45, 2.75) is 19.4 Å². The van der Waals surface area contributed by atoms with E-state index in [1.165, 1.54) is 12.1 Å². The highest BCUT2D eigenvalue weighted by Gasteiger charge is 2.37. The van der Waals surface area contributed by atoms with Crippen LogP contribution in [0.3, 0.4) is 0 Å². The number of carboxylic acids is 1. The van der Waals surface area contributed by atoms with Gasteiger partial charge in [0.1, 0.15) is 17.9 Å². The first-order chi connectivity index (χ1) is 9.45. The fourth-order valence-corrected chi connectivity index (χ4v) is 2.41. The molecular weight excluding hydrogens is 264 g/mol. The van der Waals surface area contributed by atoms with Crippen LogP contribution in [0.2, 0.25) is 0 Å². The summed E-state index contributed by atoms with van der Waals surface area (Å²) in [6, 6.07) is 3.51. The standard InChI is InChI=1S/C12H12N4O4/c1-7-4-5-15(11(7)12(17)18)10-3-2-9(16(19)20)8(6-13)14-10/h2-3,7,11H,4-5H2,1H3,(H,17,18). The molecule has 1 aromatic heterocycles. The molecule has 0 aromatic carbocycles. The van der Waals surface area contributed by atoms with Crippen LogP contribution in [0.1, 0.15) is 19.0 Å². The van der Waals surface area contributed by atoms with Crippen molar-refractivity contribution in [1.82, 2.24) is 4.98 Å². The van der Waals surface area contributed by atoms with E-state index < -0.39 is 16.9 Å². The molecule has 0 spiro atoms. The van der Waals surface area contributed by atoms with Crippen LogP contribution < -0.4 is 4.90 Å². The van der Waals surface area contributed by atoms with E-state index in [2.05, 4.69) is 4.98 Å². The largest absolute Gasteiger partial charge is 0.480 e. The summed E-state index contributed by atoms with van der Waals surface area (Å²) >= 11 is 0. The molecule has 1 N–H and O–H groups in total. The summed E-state index contributed by atoms with van der Waals surface area (Å²) in [5.41, 5.74) is -0.688. The van der Waals surface area contributed by atoms with Gasteiger partial charge in [0.05, 0.1) is 4.92 Å². The number of nitriles is 1. The van der Waals surface area contributed by atoms with Gasteiger partial charge in [-0.3, -0.25) is 10.1 Å². The van der Waals surface area contributed by atoms with Crippen molar-refractivity contribution in [2.24, 2.45) is 5.92 Å². The minimum Gasteiger partial charge on any atom is -0.480 e. The zero-order valence-electron chi connectivity index (χ0n) is 10.7. The molecular formula is C12H12N4O4. The molecule has 1 saturated heterocycles. The summed E-state index contributed by atoms with van der Waals surface area (Å²) < 4.78 is 0. The molecule has 0 saturated carbocycles. The van der Waals surface area contributed by atoms with Gasteiger partial charge in [-0.15, -0.1) is 0 Å². The topological polar surface area (TPSA) is 120 Å². The molecule has 0 amide bonds. The van der Waals surface area contributed by atoms with Crippen molar-refractivity contribution >= 4 is 17.5 Å². The number of aliphatic carboxylic acids is 1. The van der Waals surface area contributed by atoms with Gasteiger partial charge in [-0.2, -0.15) is 5.26 Å². The lowest BCUT2D eigenvalue weighted by molar-refractivity contribution is -0.385. The summed E-state index contributed by atoms with van der Waals surface area (Å²) in [5, 5.41) is 28.9. The smallest absolute Gasteiger partial charge is 0.326 e. The van der Waals surface area contributed by atoms with E-state index in [-0.39, 0.29) is 23.1 Å². The Morgan fingerprint density at radius 1 is 1.65 bits per heavy atom. The Balaban J connectivity index is 2.41. The average Bonchev–Trinajstić information content (AvgIpc) is 2.79. The fourth-order valence-electron chi connectivity index (χ4n) is 2.41. The third kappa shape index (κ3) is 2.25. The molecule has 2 atom stereocenters. The molecule has 0 bridgehead atoms. The van der Waals surface area contributed by atoms with Gasteiger partial charge < -0.3 is 10.0 Å². The van der Waals surface area contributed by atoms with Crippen molar-refractivity contribution < 1.29 is 14.8 Å². The Labute approximate surface area is 114 Å². The fraction of sp³-hybridized carbons (Fsp3) is 0.417. The summed E-state index contributed by atoms with van der Waals surface area (Å²) in [5.74, 6) is -0.729. The number of nitrogens with zero attached hydrogens (tertiary/aromatic N) is 4. The first kappa shape index (κ1) is 13.7. The number of rotatable bonds is 3. The van der Waals surface area contributed by atoms with Gasteiger partial charge in [0, 0.05) is 12.6 Å². The third-order valence-corrected chi connectivity index (χ3v) is 3.41. The van der Waals surface area contributed by atoms with E-state index >= 15 is 0 Å². The number of hydrogen-bond acceptors (Lipinski definition) is 6. The van der Waals surface area contributed by atoms with Crippen LogP contribution in [-0.2, 0) is 4.79 Å². The summed E-state index contributed by atoms with van der Waals surface area (Å²) in [6.45, 7) is 2.32. The Morgan fingerprint density at radius 2 is 2.35 bits per heavy atom. The van der Waals surface area contributed by atoms with E-state index in [1.807, 2.05) is 6.92 Å². The molecule has 8 heteroatoms. The zero-order valence-corrected chi connectivity index (χ0v) is 10.7. The van der Waals surface area contributed by atoms with Crippen molar-refractivity contribution in [3.05, 3.63) is 27.9 Å². The second-order valence-electron chi connectivity index (χ2n) is 4.65. The Bertz CT molecular complexity index is 610. The van der Waals surface area contributed by atoms with Crippen LogP contribution in [0, 0.1) is 27.4 Å². The summed E-state index contributed by atoms with van der Waals surface area (Å²) in [4.78, 5) is 26.8. The molecule has 1 aliphatic rings. The molecule has 104 valence electrons. The van der Waals surface area contributed by atoms with Gasteiger partial charge in [-0.25, -0.2) is 9.78 Å². The Hall–Kier alpha value is -2.69. The highest BCUT2D eigenvalue weighted by atomic mass is 16.6. The van der Waals surface area contributed by atoms with Crippen molar-refractivity contribution in [3.63, 3.8) is 0 Å². The van der Waals surface area contributed by atoms with E-state index in [4.69, 9.17) is 5.26 Å². The second-order valence-corrected chi connectivity index (χ2v) is 4.65. The minimum atomic E-state index is -0.964. The third-order valence-electron chi connectivity index (χ3n) is 3.41. The van der Waals surface area contributed by atoms with Crippen LogP contribution in [0.5, 0.6) is 0 Å². The quantitative estimate of drug-likeness (QED) is 0.649. The molecule has 8 nitrogen and oxygen atoms in total. The van der Waals surface area contributed by atoms with Crippen molar-refractivity contribution in [2.75, 3.05) is 11.4 Å². The van der Waals surface area contributed by atoms with E-state index in [9.17, 15) is 20.0 Å². The maximum atomic E-state index is 11.3. The Kier molecular flexibility index (Phi) is 3.52. The van der Waals surface area contributed by atoms with Crippen molar-refractivity contribution in [1.29, 1.82) is 5.26 Å². The van der Waals surface area contributed by atoms with E-state index in [1.54, 1.807) is 11.0 Å². The minimum absolute atomic E-state index is 0.0463. The van der Waals surface area contributed by atoms with Gasteiger partial charge in [0.25, 0.3) is 0 Å². The highest BCUT2D eigenvalue weighted by molar-refractivity contribution is 5.79. The molecule has 1 aromatic rings. The number of nitro groups is 1. The molecule has 0 aliphatic carbocycles. The molecule has 2 rings (SSSR count). The normalized spacial score (nSPS) is 21.5. The monoisotopic (exact) mass is 276 g/mol. The lowest BCUT2D eigenvalue weighted by atomic mass is 10.0. The maximum Gasteiger partial charge on any atom is 0.326 e. The molecule has 1 aliphatic heterocycles. The van der Waals surface area contributed by atoms with Gasteiger partial charge in [-0.1, -0.05) is 6.92 Å². The van der Waals surface area contributed by atoms with Crippen LogP contribution >= 0.6 is 0 Å². The highest BCUT2D eigenvalue weighted by Crippen LogP contribution is 2.30. The van der Waals surface area contributed by atoms with Crippen LogP contribution in [0.15, 0.2) is 12.1 Å². The first-order valence-corrected chi connectivity index (χ1v) is 6.00. The zero-order chi connectivity index (χ0) is 14.9. The summed E-state index contributed by atoms with van der Waals surface area (Å²) in [7, 11) is 0. The predicted molar refractivity (Wildman–Crippen MR) is 68.2 cm³/mol. The summed E-state index contributed by atoms with van der Waals surface area (Å²) in [6.07, 6.45) is 0.692. The van der Waals surface area contributed by atoms with Crippen molar-refractivity contribution in [3.8, 4) is 6.07 Å². The first-order valence-electron chi connectivity index (χ1n) is 6.00. The molecule has 2 unspecified atom stereocenters. The van der Waals surface area contributed by atoms with E-state index in [0.717, 1.165) is 0 Å². The van der Waals surface area contributed by atoms with Gasteiger partial charge in [-0.05, 0) is 18.4 Å². The van der Waals surface area contributed by atoms with Crippen LogP contribution in [0.25, 0.3) is 0 Å². The number of pyridine rings is 1. The van der Waals surface area contributed by atoms with Gasteiger partial charge in [0.2, 0.25) is 5.69 Å². The predicted octanol–water partition coefficient (Wildman–Crippen LogP) is 1.16. The number of carbonyl (C=O) groups is 1. The maximum absolute atomic E-state index is 11.3. The van der Waals surface area contributed by atoms with E-state index in [0.29, 0.717) is 13.0 Å². The van der Waals surface area contributed by atoms with Gasteiger partial charge >= 0.3 is 11.7 Å². The molecule has 2 heterocycles. The number of hydrogen-bond donors (Lipinski definition) is 1. The van der Waals surface area contributed by atoms with Gasteiger partial charge in [0.15, 0.2) is 0 Å². The second kappa shape index (κ2) is 5.13. The lowest BCUT2D eigenvalue weighted by Crippen LogP contribution is -2.39. The average molecular weight is 276 g/mol. The van der Waals surface area contributed by atoms with Crippen LogP contribution in [0.4, 0.5) is 11.5 Å². The Morgan fingerprint density at radius 3 is 2.90 bits per heavy atom. The number of aromatic nitrogens is 1. The molecule has 20 heavy (non-hydrogen) atoms. The van der Waals surface area contributed by atoms with Crippen LogP contribution in [-0.4, -0.2) is 33.6 Å². The number of anilines is 1.